The number of ether oxygens (including phenoxy) is 1. The van der Waals surface area contributed by atoms with Crippen LogP contribution in [0.15, 0.2) is 0 Å². The van der Waals surface area contributed by atoms with Crippen LogP contribution in [0.4, 0.5) is 0 Å². The Hall–Kier alpha value is -0.120. The molecule has 1 atom stereocenters. The third kappa shape index (κ3) is 2.30. The number of hydrogen-bond acceptors (Lipinski definition) is 3. The zero-order chi connectivity index (χ0) is 6.53. The van der Waals surface area contributed by atoms with E-state index in [9.17, 15) is 0 Å². The van der Waals surface area contributed by atoms with E-state index in [-0.39, 0.29) is 12.8 Å². The smallest absolute Gasteiger partial charge is 0.108 e. The summed E-state index contributed by atoms with van der Waals surface area (Å²) in [6.45, 7) is 1.70. The van der Waals surface area contributed by atoms with Crippen LogP contribution in [-0.2, 0) is 4.74 Å². The van der Waals surface area contributed by atoms with Gasteiger partial charge in [-0.2, -0.15) is 0 Å². The van der Waals surface area contributed by atoms with Gasteiger partial charge in [0.05, 0.1) is 6.61 Å². The highest BCUT2D eigenvalue weighted by atomic mass is 16.5. The quantitative estimate of drug-likeness (QED) is 0.552. The Bertz CT molecular complexity index is 71.5. The molecule has 0 bridgehead atoms. The lowest BCUT2D eigenvalue weighted by molar-refractivity contribution is 0.0796. The number of rotatable bonds is 3. The van der Waals surface area contributed by atoms with Gasteiger partial charge in [0.25, 0.3) is 0 Å². The Balaban J connectivity index is 1.98. The van der Waals surface area contributed by atoms with E-state index in [2.05, 4.69) is 5.32 Å². The fourth-order valence-electron chi connectivity index (χ4n) is 0.964. The van der Waals surface area contributed by atoms with Crippen LogP contribution in [0.3, 0.4) is 0 Å². The monoisotopic (exact) mass is 131 g/mol. The molecule has 0 radical (unpaired) electrons. The minimum Gasteiger partial charge on any atom is -0.395 e. The van der Waals surface area contributed by atoms with Gasteiger partial charge in [-0.25, -0.2) is 0 Å². The standard InChI is InChI=1S/C6H13NO2/c8-4-3-7-6-2-1-5-9-6/h6-8H,1-5H2. The van der Waals surface area contributed by atoms with Gasteiger partial charge in [0.1, 0.15) is 6.23 Å². The Morgan fingerprint density at radius 3 is 3.11 bits per heavy atom. The number of aliphatic hydroxyl groups is 1. The molecule has 54 valence electrons. The molecule has 0 amide bonds. The van der Waals surface area contributed by atoms with E-state index in [1.165, 1.54) is 0 Å². The molecule has 0 aromatic heterocycles. The van der Waals surface area contributed by atoms with Crippen molar-refractivity contribution < 1.29 is 9.84 Å². The average Bonchev–Trinajstić information content (AvgIpc) is 2.34. The summed E-state index contributed by atoms with van der Waals surface area (Å²) >= 11 is 0. The Morgan fingerprint density at radius 1 is 1.67 bits per heavy atom. The molecular formula is C6H13NO2. The van der Waals surface area contributed by atoms with Crippen LogP contribution in [0.5, 0.6) is 0 Å². The second-order valence-electron chi connectivity index (χ2n) is 2.18. The summed E-state index contributed by atoms with van der Waals surface area (Å²) in [6.07, 6.45) is 2.43. The van der Waals surface area contributed by atoms with E-state index >= 15 is 0 Å². The van der Waals surface area contributed by atoms with E-state index in [4.69, 9.17) is 9.84 Å². The minimum atomic E-state index is 0.194. The SMILES string of the molecule is OCCNC1CCCO1. The predicted molar refractivity (Wildman–Crippen MR) is 34.1 cm³/mol. The zero-order valence-corrected chi connectivity index (χ0v) is 5.47. The van der Waals surface area contributed by atoms with Gasteiger partial charge in [-0.05, 0) is 12.8 Å². The summed E-state index contributed by atoms with van der Waals surface area (Å²) in [4.78, 5) is 0. The molecule has 1 rings (SSSR count). The summed E-state index contributed by atoms with van der Waals surface area (Å²) in [5, 5.41) is 11.5. The molecule has 2 N–H and O–H groups in total. The molecule has 1 saturated heterocycles. The van der Waals surface area contributed by atoms with Crippen molar-refractivity contribution in [3.8, 4) is 0 Å². The van der Waals surface area contributed by atoms with E-state index in [0.717, 1.165) is 19.4 Å². The van der Waals surface area contributed by atoms with Crippen LogP contribution in [0.2, 0.25) is 0 Å². The van der Waals surface area contributed by atoms with Crippen molar-refractivity contribution in [2.75, 3.05) is 19.8 Å². The lowest BCUT2D eigenvalue weighted by Crippen LogP contribution is -2.30. The molecule has 1 heterocycles. The van der Waals surface area contributed by atoms with Gasteiger partial charge in [-0.1, -0.05) is 0 Å². The van der Waals surface area contributed by atoms with Crippen molar-refractivity contribution in [3.63, 3.8) is 0 Å². The number of hydrogen-bond donors (Lipinski definition) is 2. The fraction of sp³-hybridized carbons (Fsp3) is 1.00. The maximum Gasteiger partial charge on any atom is 0.108 e. The summed E-state index contributed by atoms with van der Waals surface area (Å²) < 4.78 is 5.23. The predicted octanol–water partition coefficient (Wildman–Crippen LogP) is -0.295. The van der Waals surface area contributed by atoms with Gasteiger partial charge in [0, 0.05) is 13.2 Å². The van der Waals surface area contributed by atoms with Crippen LogP contribution in [0.1, 0.15) is 12.8 Å². The molecule has 1 fully saturated rings. The largest absolute Gasteiger partial charge is 0.395 e. The molecule has 0 aliphatic carbocycles. The van der Waals surface area contributed by atoms with Crippen LogP contribution >= 0.6 is 0 Å². The summed E-state index contributed by atoms with van der Waals surface area (Å²) in [7, 11) is 0. The van der Waals surface area contributed by atoms with Crippen molar-refractivity contribution in [2.45, 2.75) is 19.1 Å². The molecular weight excluding hydrogens is 118 g/mol. The molecule has 1 aliphatic heterocycles. The topological polar surface area (TPSA) is 41.5 Å². The molecule has 9 heavy (non-hydrogen) atoms. The van der Waals surface area contributed by atoms with Gasteiger partial charge in [-0.15, -0.1) is 0 Å². The van der Waals surface area contributed by atoms with Crippen molar-refractivity contribution in [1.82, 2.24) is 5.32 Å². The molecule has 1 unspecified atom stereocenters. The first-order valence-electron chi connectivity index (χ1n) is 3.39. The molecule has 1 aliphatic rings. The van der Waals surface area contributed by atoms with E-state index in [1.807, 2.05) is 0 Å². The molecule has 3 heteroatoms. The third-order valence-electron chi connectivity index (χ3n) is 1.41. The highest BCUT2D eigenvalue weighted by Crippen LogP contribution is 2.07. The normalized spacial score (nSPS) is 27.0. The lowest BCUT2D eigenvalue weighted by Gasteiger charge is -2.08. The summed E-state index contributed by atoms with van der Waals surface area (Å²) in [5.41, 5.74) is 0. The Kier molecular flexibility index (Phi) is 2.97. The van der Waals surface area contributed by atoms with Crippen molar-refractivity contribution in [1.29, 1.82) is 0 Å². The van der Waals surface area contributed by atoms with Crippen molar-refractivity contribution >= 4 is 0 Å². The second kappa shape index (κ2) is 3.82. The first kappa shape index (κ1) is 6.99. The van der Waals surface area contributed by atoms with Crippen LogP contribution in [-0.4, -0.2) is 31.1 Å². The molecule has 0 aromatic carbocycles. The van der Waals surface area contributed by atoms with Crippen LogP contribution in [0, 0.1) is 0 Å². The molecule has 0 aromatic rings. The van der Waals surface area contributed by atoms with Crippen molar-refractivity contribution in [3.05, 3.63) is 0 Å². The average molecular weight is 131 g/mol. The van der Waals surface area contributed by atoms with Gasteiger partial charge in [0.15, 0.2) is 0 Å². The number of nitrogens with one attached hydrogen (secondary N) is 1. The maximum atomic E-state index is 8.41. The van der Waals surface area contributed by atoms with Gasteiger partial charge in [0.2, 0.25) is 0 Å². The maximum absolute atomic E-state index is 8.41. The fourth-order valence-corrected chi connectivity index (χ4v) is 0.964. The van der Waals surface area contributed by atoms with Gasteiger partial charge >= 0.3 is 0 Å². The highest BCUT2D eigenvalue weighted by Gasteiger charge is 2.12. The van der Waals surface area contributed by atoms with Crippen molar-refractivity contribution in [2.24, 2.45) is 0 Å². The first-order chi connectivity index (χ1) is 4.43. The zero-order valence-electron chi connectivity index (χ0n) is 5.47. The van der Waals surface area contributed by atoms with E-state index in [0.29, 0.717) is 6.54 Å². The van der Waals surface area contributed by atoms with E-state index in [1.54, 1.807) is 0 Å². The molecule has 3 nitrogen and oxygen atoms in total. The Morgan fingerprint density at radius 2 is 2.56 bits per heavy atom. The van der Waals surface area contributed by atoms with Crippen LogP contribution in [0.25, 0.3) is 0 Å². The summed E-state index contributed by atoms with van der Waals surface area (Å²) in [5.74, 6) is 0. The minimum absolute atomic E-state index is 0.194. The summed E-state index contributed by atoms with van der Waals surface area (Å²) in [6, 6.07) is 0. The Labute approximate surface area is 55.0 Å². The number of aliphatic hydroxyl groups excluding tert-OH is 1. The second-order valence-corrected chi connectivity index (χ2v) is 2.18. The van der Waals surface area contributed by atoms with Crippen LogP contribution < -0.4 is 5.32 Å². The molecule has 0 spiro atoms. The highest BCUT2D eigenvalue weighted by molar-refractivity contribution is 4.61. The first-order valence-corrected chi connectivity index (χ1v) is 3.39. The van der Waals surface area contributed by atoms with Gasteiger partial charge < -0.3 is 9.84 Å². The van der Waals surface area contributed by atoms with Gasteiger partial charge in [-0.3, -0.25) is 5.32 Å². The molecule has 0 saturated carbocycles. The van der Waals surface area contributed by atoms with E-state index < -0.39 is 0 Å². The lowest BCUT2D eigenvalue weighted by atomic mass is 10.3. The third-order valence-corrected chi connectivity index (χ3v) is 1.41.